The number of thiocarbonyl (C=S) groups is 1. The molecule has 0 unspecified atom stereocenters. The Morgan fingerprint density at radius 2 is 1.70 bits per heavy atom. The maximum Gasteiger partial charge on any atom is 0.325 e. The zero-order chi connectivity index (χ0) is 23.4. The van der Waals surface area contributed by atoms with Crippen LogP contribution in [0.2, 0.25) is 0 Å². The minimum atomic E-state index is -0.611. The van der Waals surface area contributed by atoms with Gasteiger partial charge in [0.1, 0.15) is 5.75 Å². The molecule has 3 N–H and O–H groups in total. The van der Waals surface area contributed by atoms with Crippen molar-refractivity contribution in [2.45, 2.75) is 6.54 Å². The maximum atomic E-state index is 12.5. The summed E-state index contributed by atoms with van der Waals surface area (Å²) in [5, 5.41) is 8.11. The quantitative estimate of drug-likeness (QED) is 0.394. The molecule has 166 valence electrons. The summed E-state index contributed by atoms with van der Waals surface area (Å²) in [6, 6.07) is 20.6. The van der Waals surface area contributed by atoms with Gasteiger partial charge in [-0.2, -0.15) is 0 Å². The molecule has 33 heavy (non-hydrogen) atoms. The first kappa shape index (κ1) is 22.0. The summed E-state index contributed by atoms with van der Waals surface area (Å²) in [6.07, 6.45) is 0. The van der Waals surface area contributed by atoms with E-state index in [1.807, 2.05) is 30.3 Å². The van der Waals surface area contributed by atoms with Crippen LogP contribution < -0.4 is 25.6 Å². The lowest BCUT2D eigenvalue weighted by molar-refractivity contribution is -0.114. The van der Waals surface area contributed by atoms with Crippen LogP contribution in [-0.2, 0) is 11.3 Å². The van der Waals surface area contributed by atoms with Crippen LogP contribution >= 0.6 is 12.2 Å². The molecular weight excluding hydrogens is 440 g/mol. The van der Waals surface area contributed by atoms with E-state index in [1.54, 1.807) is 43.5 Å². The maximum absolute atomic E-state index is 12.5. The van der Waals surface area contributed by atoms with E-state index in [0.717, 1.165) is 5.56 Å². The van der Waals surface area contributed by atoms with Gasteiger partial charge in [-0.15, -0.1) is 0 Å². The summed E-state index contributed by atoms with van der Waals surface area (Å²) in [6.45, 7) is 0.288. The molecule has 3 amide bonds. The lowest BCUT2D eigenvalue weighted by Gasteiger charge is -2.17. The molecule has 3 aromatic carbocycles. The van der Waals surface area contributed by atoms with Crippen LogP contribution in [0.3, 0.4) is 0 Å². The van der Waals surface area contributed by atoms with Crippen molar-refractivity contribution < 1.29 is 19.1 Å². The molecule has 3 aromatic rings. The molecule has 1 heterocycles. The Balaban J connectivity index is 1.41. The van der Waals surface area contributed by atoms with Gasteiger partial charge in [0.2, 0.25) is 0 Å². The third-order valence-corrected chi connectivity index (χ3v) is 5.17. The smallest absolute Gasteiger partial charge is 0.325 e. The highest BCUT2D eigenvalue weighted by atomic mass is 32.1. The van der Waals surface area contributed by atoms with E-state index < -0.39 is 17.7 Å². The van der Waals surface area contributed by atoms with Gasteiger partial charge in [-0.05, 0) is 48.1 Å². The third kappa shape index (κ3) is 4.99. The van der Waals surface area contributed by atoms with E-state index in [2.05, 4.69) is 16.0 Å². The summed E-state index contributed by atoms with van der Waals surface area (Å²) in [5.74, 6) is -0.565. The predicted molar refractivity (Wildman–Crippen MR) is 130 cm³/mol. The van der Waals surface area contributed by atoms with Crippen molar-refractivity contribution in [3.8, 4) is 5.75 Å². The largest absolute Gasteiger partial charge is 0.497 e. The first-order valence-corrected chi connectivity index (χ1v) is 10.4. The van der Waals surface area contributed by atoms with Gasteiger partial charge in [-0.1, -0.05) is 36.4 Å². The number of nitrogens with one attached hydrogen (secondary N) is 3. The Bertz CT molecular complexity index is 1250. The molecule has 0 spiro atoms. The summed E-state index contributed by atoms with van der Waals surface area (Å²) < 4.78 is 5.15. The highest BCUT2D eigenvalue weighted by Gasteiger charge is 2.36. The van der Waals surface area contributed by atoms with Crippen molar-refractivity contribution in [2.24, 2.45) is 0 Å². The van der Waals surface area contributed by atoms with Crippen molar-refractivity contribution in [1.29, 1.82) is 0 Å². The fourth-order valence-corrected chi connectivity index (χ4v) is 3.64. The number of methoxy groups -OCH3 is 1. The van der Waals surface area contributed by atoms with Crippen LogP contribution in [0.4, 0.5) is 21.9 Å². The Morgan fingerprint density at radius 1 is 0.939 bits per heavy atom. The molecule has 0 saturated carbocycles. The number of urea groups is 1. The Labute approximate surface area is 195 Å². The molecule has 8 nitrogen and oxygen atoms in total. The summed E-state index contributed by atoms with van der Waals surface area (Å²) in [5.41, 5.74) is 2.67. The SMILES string of the molecule is COc1cccc(NC(=S)NC(=O)Nc2ccc3c(c2)C(=O)C(=O)N3Cc2ccccc2)c1. The molecule has 0 radical (unpaired) electrons. The van der Waals surface area contributed by atoms with Gasteiger partial charge in [0.05, 0.1) is 24.9 Å². The van der Waals surface area contributed by atoms with Crippen molar-refractivity contribution in [2.75, 3.05) is 22.6 Å². The van der Waals surface area contributed by atoms with E-state index in [1.165, 1.54) is 11.0 Å². The highest BCUT2D eigenvalue weighted by Crippen LogP contribution is 2.32. The van der Waals surface area contributed by atoms with Gasteiger partial charge in [-0.3, -0.25) is 14.9 Å². The fraction of sp³-hybridized carbons (Fsp3) is 0.0833. The minimum Gasteiger partial charge on any atom is -0.497 e. The van der Waals surface area contributed by atoms with Crippen LogP contribution in [0.5, 0.6) is 5.75 Å². The predicted octanol–water partition coefficient (Wildman–Crippen LogP) is 3.94. The molecule has 0 aliphatic carbocycles. The van der Waals surface area contributed by atoms with Crippen LogP contribution in [0, 0.1) is 0 Å². The molecule has 4 rings (SSSR count). The van der Waals surface area contributed by atoms with Crippen LogP contribution in [0.25, 0.3) is 0 Å². The van der Waals surface area contributed by atoms with Crippen molar-refractivity contribution in [3.63, 3.8) is 0 Å². The molecule has 0 fully saturated rings. The Morgan fingerprint density at radius 3 is 2.45 bits per heavy atom. The first-order valence-electron chi connectivity index (χ1n) is 10.0. The molecular formula is C24H20N4O4S. The molecule has 1 aliphatic rings. The van der Waals surface area contributed by atoms with E-state index in [-0.39, 0.29) is 17.2 Å². The zero-order valence-corrected chi connectivity index (χ0v) is 18.4. The molecule has 9 heteroatoms. The number of benzene rings is 3. The van der Waals surface area contributed by atoms with Gasteiger partial charge < -0.3 is 20.3 Å². The number of fused-ring (bicyclic) bond motifs is 1. The number of nitrogens with zero attached hydrogens (tertiary/aromatic N) is 1. The average molecular weight is 461 g/mol. The molecule has 0 aromatic heterocycles. The summed E-state index contributed by atoms with van der Waals surface area (Å²) in [4.78, 5) is 38.8. The lowest BCUT2D eigenvalue weighted by atomic mass is 10.1. The normalized spacial score (nSPS) is 12.2. The number of amides is 3. The number of hydrogen-bond donors (Lipinski definition) is 3. The summed E-state index contributed by atoms with van der Waals surface area (Å²) >= 11 is 5.17. The number of hydrogen-bond acceptors (Lipinski definition) is 5. The van der Waals surface area contributed by atoms with Gasteiger partial charge in [0, 0.05) is 17.4 Å². The lowest BCUT2D eigenvalue weighted by Crippen LogP contribution is -2.37. The molecule has 0 bridgehead atoms. The zero-order valence-electron chi connectivity index (χ0n) is 17.6. The Kier molecular flexibility index (Phi) is 6.32. The van der Waals surface area contributed by atoms with E-state index in [9.17, 15) is 14.4 Å². The second-order valence-corrected chi connectivity index (χ2v) is 7.61. The number of ether oxygens (including phenoxy) is 1. The van der Waals surface area contributed by atoms with Gasteiger partial charge in [0.25, 0.3) is 11.7 Å². The second-order valence-electron chi connectivity index (χ2n) is 7.20. The van der Waals surface area contributed by atoms with E-state index in [0.29, 0.717) is 22.8 Å². The second kappa shape index (κ2) is 9.49. The van der Waals surface area contributed by atoms with Crippen LogP contribution in [0.1, 0.15) is 15.9 Å². The van der Waals surface area contributed by atoms with E-state index in [4.69, 9.17) is 17.0 Å². The monoisotopic (exact) mass is 460 g/mol. The first-order chi connectivity index (χ1) is 15.9. The average Bonchev–Trinajstić information content (AvgIpc) is 3.04. The molecule has 0 saturated heterocycles. The Hall–Kier alpha value is -4.24. The third-order valence-electron chi connectivity index (χ3n) is 4.97. The topological polar surface area (TPSA) is 99.8 Å². The molecule has 1 aliphatic heterocycles. The number of Topliss-reactive ketones (excluding diaryl/α,β-unsaturated/α-hetero) is 1. The number of carbonyl (C=O) groups excluding carboxylic acids is 3. The minimum absolute atomic E-state index is 0.0854. The van der Waals surface area contributed by atoms with E-state index >= 15 is 0 Å². The van der Waals surface area contributed by atoms with Gasteiger partial charge >= 0.3 is 6.03 Å². The standard InChI is InChI=1S/C24H20N4O4S/c1-32-18-9-5-8-16(12-18)26-24(33)27-23(31)25-17-10-11-20-19(13-17)21(29)22(30)28(20)14-15-6-3-2-4-7-15/h2-13H,14H2,1H3,(H3,25,26,27,31,33). The van der Waals surface area contributed by atoms with Crippen LogP contribution in [0.15, 0.2) is 72.8 Å². The van der Waals surface area contributed by atoms with Gasteiger partial charge in [0.15, 0.2) is 5.11 Å². The molecule has 0 atom stereocenters. The number of rotatable bonds is 5. The number of carbonyl (C=O) groups is 3. The number of ketones is 1. The highest BCUT2D eigenvalue weighted by molar-refractivity contribution is 7.80. The van der Waals surface area contributed by atoms with Crippen LogP contribution in [-0.4, -0.2) is 29.9 Å². The van der Waals surface area contributed by atoms with Crippen molar-refractivity contribution >= 4 is 52.1 Å². The van der Waals surface area contributed by atoms with Crippen molar-refractivity contribution in [1.82, 2.24) is 5.32 Å². The fourth-order valence-electron chi connectivity index (χ4n) is 3.43. The number of anilines is 3. The summed E-state index contributed by atoms with van der Waals surface area (Å²) in [7, 11) is 1.55. The van der Waals surface area contributed by atoms with Gasteiger partial charge in [-0.25, -0.2) is 4.79 Å². The van der Waals surface area contributed by atoms with Crippen molar-refractivity contribution in [3.05, 3.63) is 83.9 Å².